The van der Waals surface area contributed by atoms with E-state index in [1.165, 1.54) is 6.07 Å². The molecule has 0 amide bonds. The number of carbonyl (C=O) groups excluding carboxylic acids is 1. The molecular formula is C20H18F3NO3. The zero-order valence-corrected chi connectivity index (χ0v) is 14.6. The number of esters is 1. The maximum Gasteiger partial charge on any atom is 0.416 e. The Morgan fingerprint density at radius 1 is 1.19 bits per heavy atom. The summed E-state index contributed by atoms with van der Waals surface area (Å²) in [5.41, 5.74) is 1.39. The van der Waals surface area contributed by atoms with Gasteiger partial charge < -0.3 is 14.4 Å². The number of fused-ring (bicyclic) bond motifs is 1. The fourth-order valence-corrected chi connectivity index (χ4v) is 3.01. The number of ether oxygens (including phenoxy) is 1. The first-order chi connectivity index (χ1) is 12.8. The Morgan fingerprint density at radius 3 is 2.63 bits per heavy atom. The van der Waals surface area contributed by atoms with Crippen molar-refractivity contribution < 1.29 is 27.8 Å². The smallest absolute Gasteiger partial charge is 0.416 e. The molecule has 0 spiro atoms. The first kappa shape index (κ1) is 19.0. The van der Waals surface area contributed by atoms with E-state index in [2.05, 4.69) is 0 Å². The van der Waals surface area contributed by atoms with Gasteiger partial charge in [0.15, 0.2) is 0 Å². The molecule has 0 atom stereocenters. The first-order valence-electron chi connectivity index (χ1n) is 8.44. The first-order valence-corrected chi connectivity index (χ1v) is 8.44. The predicted molar refractivity (Wildman–Crippen MR) is 95.0 cm³/mol. The summed E-state index contributed by atoms with van der Waals surface area (Å²) >= 11 is 0. The van der Waals surface area contributed by atoms with Gasteiger partial charge in [0.1, 0.15) is 0 Å². The summed E-state index contributed by atoms with van der Waals surface area (Å²) in [6.45, 7) is 1.77. The third-order valence-electron chi connectivity index (χ3n) is 4.23. The van der Waals surface area contributed by atoms with Crippen LogP contribution in [0, 0.1) is 0 Å². The van der Waals surface area contributed by atoms with E-state index in [1.54, 1.807) is 42.0 Å². The van der Waals surface area contributed by atoms with Crippen molar-refractivity contribution in [3.63, 3.8) is 0 Å². The summed E-state index contributed by atoms with van der Waals surface area (Å²) in [6.07, 6.45) is -2.54. The van der Waals surface area contributed by atoms with Crippen LogP contribution in [0.25, 0.3) is 16.6 Å². The van der Waals surface area contributed by atoms with Crippen molar-refractivity contribution in [2.75, 3.05) is 13.2 Å². The van der Waals surface area contributed by atoms with E-state index in [-0.39, 0.29) is 19.6 Å². The van der Waals surface area contributed by atoms with Crippen molar-refractivity contribution in [2.24, 2.45) is 0 Å². The number of aliphatic hydroxyl groups is 1. The number of hydrogen-bond donors (Lipinski definition) is 1. The van der Waals surface area contributed by atoms with Gasteiger partial charge in [-0.15, -0.1) is 0 Å². The van der Waals surface area contributed by atoms with Gasteiger partial charge in [-0.3, -0.25) is 0 Å². The highest BCUT2D eigenvalue weighted by molar-refractivity contribution is 5.91. The SMILES string of the molecule is CCOC(=O)c1cccc(-n2cc(CCO)c3cc(C(F)(F)F)ccc32)c1. The van der Waals surface area contributed by atoms with Crippen molar-refractivity contribution in [3.8, 4) is 5.69 Å². The molecule has 0 saturated carbocycles. The third kappa shape index (κ3) is 3.83. The van der Waals surface area contributed by atoms with Crippen LogP contribution in [0.15, 0.2) is 48.7 Å². The van der Waals surface area contributed by atoms with E-state index in [4.69, 9.17) is 4.74 Å². The van der Waals surface area contributed by atoms with Crippen molar-refractivity contribution in [1.29, 1.82) is 0 Å². The molecule has 0 fully saturated rings. The van der Waals surface area contributed by atoms with Crippen LogP contribution in [0.4, 0.5) is 13.2 Å². The minimum Gasteiger partial charge on any atom is -0.462 e. The second kappa shape index (κ2) is 7.44. The Morgan fingerprint density at radius 2 is 1.96 bits per heavy atom. The van der Waals surface area contributed by atoms with E-state index in [9.17, 15) is 23.1 Å². The Labute approximate surface area is 153 Å². The van der Waals surface area contributed by atoms with Gasteiger partial charge in [0.05, 0.1) is 23.3 Å². The minimum atomic E-state index is -4.45. The number of hydrogen-bond acceptors (Lipinski definition) is 3. The van der Waals surface area contributed by atoms with Crippen molar-refractivity contribution in [2.45, 2.75) is 19.5 Å². The topological polar surface area (TPSA) is 51.5 Å². The molecule has 0 aliphatic carbocycles. The van der Waals surface area contributed by atoms with Crippen LogP contribution in [0.3, 0.4) is 0 Å². The molecule has 4 nitrogen and oxygen atoms in total. The van der Waals surface area contributed by atoms with Gasteiger partial charge in [-0.25, -0.2) is 4.79 Å². The number of alkyl halides is 3. The number of benzene rings is 2. The fourth-order valence-electron chi connectivity index (χ4n) is 3.01. The molecule has 3 aromatic rings. The van der Waals surface area contributed by atoms with Crippen LogP contribution >= 0.6 is 0 Å². The molecule has 1 heterocycles. The second-order valence-electron chi connectivity index (χ2n) is 6.00. The maximum absolute atomic E-state index is 13.1. The van der Waals surface area contributed by atoms with Crippen LogP contribution in [0.5, 0.6) is 0 Å². The molecule has 0 bridgehead atoms. The molecule has 0 radical (unpaired) electrons. The predicted octanol–water partition coefficient (Wildman–Crippen LogP) is 4.36. The molecule has 1 N–H and O–H groups in total. The lowest BCUT2D eigenvalue weighted by molar-refractivity contribution is -0.137. The van der Waals surface area contributed by atoms with Crippen LogP contribution < -0.4 is 0 Å². The molecule has 7 heteroatoms. The van der Waals surface area contributed by atoms with Gasteiger partial charge in [0.25, 0.3) is 0 Å². The van der Waals surface area contributed by atoms with Crippen LogP contribution in [0.2, 0.25) is 0 Å². The van der Waals surface area contributed by atoms with Gasteiger partial charge in [0.2, 0.25) is 0 Å². The van der Waals surface area contributed by atoms with E-state index >= 15 is 0 Å². The quantitative estimate of drug-likeness (QED) is 0.672. The van der Waals surface area contributed by atoms with E-state index in [0.29, 0.717) is 27.7 Å². The van der Waals surface area contributed by atoms with Crippen molar-refractivity contribution in [1.82, 2.24) is 4.57 Å². The molecular weight excluding hydrogens is 359 g/mol. The maximum atomic E-state index is 13.1. The highest BCUT2D eigenvalue weighted by atomic mass is 19.4. The zero-order chi connectivity index (χ0) is 19.6. The average Bonchev–Trinajstić information content (AvgIpc) is 3.00. The Kier molecular flexibility index (Phi) is 5.23. The Balaban J connectivity index is 2.15. The number of carbonyl (C=O) groups is 1. The molecule has 0 saturated heterocycles. The standard InChI is InChI=1S/C20H18F3NO3/c1-2-27-19(26)13-4-3-5-16(10-13)24-12-14(8-9-25)17-11-15(20(21,22)23)6-7-18(17)24/h3-7,10-12,25H,2,8-9H2,1H3. The van der Waals surface area contributed by atoms with E-state index < -0.39 is 17.7 Å². The molecule has 27 heavy (non-hydrogen) atoms. The third-order valence-corrected chi connectivity index (χ3v) is 4.23. The number of rotatable bonds is 5. The molecule has 142 valence electrons. The lowest BCUT2D eigenvalue weighted by Gasteiger charge is -2.09. The van der Waals surface area contributed by atoms with Crippen LogP contribution in [-0.2, 0) is 17.3 Å². The highest BCUT2D eigenvalue weighted by Gasteiger charge is 2.31. The lowest BCUT2D eigenvalue weighted by Crippen LogP contribution is -2.05. The summed E-state index contributed by atoms with van der Waals surface area (Å²) in [5.74, 6) is -0.467. The molecule has 1 aromatic heterocycles. The van der Waals surface area contributed by atoms with E-state index in [1.807, 2.05) is 0 Å². The zero-order valence-electron chi connectivity index (χ0n) is 14.6. The normalized spacial score (nSPS) is 11.7. The number of nitrogens with zero attached hydrogens (tertiary/aromatic N) is 1. The molecule has 0 aliphatic rings. The summed E-state index contributed by atoms with van der Waals surface area (Å²) in [6, 6.07) is 10.2. The average molecular weight is 377 g/mol. The van der Waals surface area contributed by atoms with Gasteiger partial charge >= 0.3 is 12.1 Å². The summed E-state index contributed by atoms with van der Waals surface area (Å²) < 4.78 is 45.9. The van der Waals surface area contributed by atoms with Crippen LogP contribution in [-0.4, -0.2) is 28.9 Å². The van der Waals surface area contributed by atoms with Gasteiger partial charge in [-0.2, -0.15) is 13.2 Å². The largest absolute Gasteiger partial charge is 0.462 e. The molecule has 2 aromatic carbocycles. The van der Waals surface area contributed by atoms with Crippen molar-refractivity contribution in [3.05, 3.63) is 65.4 Å². The Hall–Kier alpha value is -2.80. The minimum absolute atomic E-state index is 0.182. The van der Waals surface area contributed by atoms with E-state index in [0.717, 1.165) is 12.1 Å². The number of aliphatic hydroxyl groups excluding tert-OH is 1. The molecule has 0 unspecified atom stereocenters. The summed E-state index contributed by atoms with van der Waals surface area (Å²) in [7, 11) is 0. The highest BCUT2D eigenvalue weighted by Crippen LogP contribution is 2.34. The fraction of sp³-hybridized carbons (Fsp3) is 0.250. The molecule has 0 aliphatic heterocycles. The molecule has 3 rings (SSSR count). The number of halogens is 3. The second-order valence-corrected chi connectivity index (χ2v) is 6.00. The van der Waals surface area contributed by atoms with Crippen LogP contribution in [0.1, 0.15) is 28.4 Å². The van der Waals surface area contributed by atoms with Gasteiger partial charge in [0, 0.05) is 23.9 Å². The van der Waals surface area contributed by atoms with Crippen molar-refractivity contribution >= 4 is 16.9 Å². The number of aromatic nitrogens is 1. The summed E-state index contributed by atoms with van der Waals surface area (Å²) in [4.78, 5) is 12.0. The Bertz CT molecular complexity index is 976. The summed E-state index contributed by atoms with van der Waals surface area (Å²) in [5, 5.41) is 9.69. The monoisotopic (exact) mass is 377 g/mol. The lowest BCUT2D eigenvalue weighted by atomic mass is 10.1. The van der Waals surface area contributed by atoms with Gasteiger partial charge in [-0.05, 0) is 55.3 Å². The van der Waals surface area contributed by atoms with Gasteiger partial charge in [-0.1, -0.05) is 6.07 Å².